The smallest absolute Gasteiger partial charge is 0.255 e. The van der Waals surface area contributed by atoms with Crippen LogP contribution in [0.1, 0.15) is 10.4 Å². The molecule has 3 aromatic rings. The maximum absolute atomic E-state index is 13.0. The lowest BCUT2D eigenvalue weighted by Gasteiger charge is -2.13. The van der Waals surface area contributed by atoms with Gasteiger partial charge in [-0.15, -0.1) is 0 Å². The number of hydrogen-bond acceptors (Lipinski definition) is 3. The summed E-state index contributed by atoms with van der Waals surface area (Å²) in [5, 5.41) is 5.98. The lowest BCUT2D eigenvalue weighted by Crippen LogP contribution is -2.12. The van der Waals surface area contributed by atoms with Crippen molar-refractivity contribution in [1.29, 1.82) is 0 Å². The molecule has 3 rings (SSSR count). The zero-order valence-electron chi connectivity index (χ0n) is 13.6. The van der Waals surface area contributed by atoms with Crippen molar-refractivity contribution in [2.24, 2.45) is 0 Å². The molecule has 126 valence electrons. The van der Waals surface area contributed by atoms with Crippen LogP contribution in [-0.4, -0.2) is 13.0 Å². The number of carbonyl (C=O) groups excluding carboxylic acids is 1. The van der Waals surface area contributed by atoms with E-state index in [1.807, 2.05) is 30.3 Å². The van der Waals surface area contributed by atoms with Gasteiger partial charge in [-0.3, -0.25) is 4.79 Å². The molecule has 0 aliphatic rings. The first-order valence-corrected chi connectivity index (χ1v) is 7.73. The molecule has 0 spiro atoms. The van der Waals surface area contributed by atoms with Gasteiger partial charge >= 0.3 is 0 Å². The van der Waals surface area contributed by atoms with Gasteiger partial charge in [0, 0.05) is 16.9 Å². The van der Waals surface area contributed by atoms with Gasteiger partial charge in [0.05, 0.1) is 12.8 Å². The third-order valence-corrected chi connectivity index (χ3v) is 3.62. The van der Waals surface area contributed by atoms with Crippen LogP contribution < -0.4 is 15.4 Å². The van der Waals surface area contributed by atoms with Crippen LogP contribution in [-0.2, 0) is 0 Å². The minimum atomic E-state index is -0.312. The Hall–Kier alpha value is -3.34. The first kappa shape index (κ1) is 16.5. The Morgan fingerprint density at radius 2 is 1.64 bits per heavy atom. The van der Waals surface area contributed by atoms with Crippen LogP contribution in [0.3, 0.4) is 0 Å². The minimum Gasteiger partial charge on any atom is -0.495 e. The molecule has 0 radical (unpaired) electrons. The van der Waals surface area contributed by atoms with E-state index in [4.69, 9.17) is 4.74 Å². The molecule has 0 unspecified atom stereocenters. The van der Waals surface area contributed by atoms with Crippen LogP contribution in [0.15, 0.2) is 72.8 Å². The van der Waals surface area contributed by atoms with Gasteiger partial charge in [0.25, 0.3) is 5.91 Å². The number of benzene rings is 3. The highest BCUT2D eigenvalue weighted by atomic mass is 19.1. The first-order valence-electron chi connectivity index (χ1n) is 7.73. The van der Waals surface area contributed by atoms with E-state index < -0.39 is 0 Å². The Labute approximate surface area is 145 Å². The van der Waals surface area contributed by atoms with Gasteiger partial charge in [-0.05, 0) is 54.6 Å². The van der Waals surface area contributed by atoms with Gasteiger partial charge in [-0.2, -0.15) is 0 Å². The summed E-state index contributed by atoms with van der Waals surface area (Å²) < 4.78 is 18.4. The number of para-hydroxylation sites is 1. The number of nitrogens with one attached hydrogen (secondary N) is 2. The van der Waals surface area contributed by atoms with E-state index in [-0.39, 0.29) is 11.7 Å². The Kier molecular flexibility index (Phi) is 4.95. The molecule has 0 saturated heterocycles. The number of amides is 1. The number of methoxy groups -OCH3 is 1. The van der Waals surface area contributed by atoms with E-state index in [1.54, 1.807) is 37.4 Å². The van der Waals surface area contributed by atoms with Crippen LogP contribution in [0.4, 0.5) is 21.5 Å². The molecule has 2 N–H and O–H groups in total. The molecule has 4 nitrogen and oxygen atoms in total. The summed E-state index contributed by atoms with van der Waals surface area (Å²) in [6.07, 6.45) is 0. The summed E-state index contributed by atoms with van der Waals surface area (Å²) in [6, 6.07) is 20.3. The molecule has 0 heterocycles. The van der Waals surface area contributed by atoms with Gasteiger partial charge in [0.15, 0.2) is 0 Å². The summed E-state index contributed by atoms with van der Waals surface area (Å²) >= 11 is 0. The predicted octanol–water partition coefficient (Wildman–Crippen LogP) is 4.83. The fraction of sp³-hybridized carbons (Fsp3) is 0.0500. The molecule has 0 bridgehead atoms. The van der Waals surface area contributed by atoms with E-state index >= 15 is 0 Å². The minimum absolute atomic E-state index is 0.226. The molecular formula is C20H17FN2O2. The molecule has 0 saturated carbocycles. The Balaban J connectivity index is 1.84. The summed E-state index contributed by atoms with van der Waals surface area (Å²) in [4.78, 5) is 12.4. The van der Waals surface area contributed by atoms with Crippen molar-refractivity contribution in [2.45, 2.75) is 0 Å². The number of halogens is 1. The van der Waals surface area contributed by atoms with E-state index in [9.17, 15) is 9.18 Å². The molecule has 0 aliphatic heterocycles. The Bertz CT molecular complexity index is 865. The lowest BCUT2D eigenvalue weighted by atomic mass is 10.1. The van der Waals surface area contributed by atoms with E-state index in [2.05, 4.69) is 10.6 Å². The summed E-state index contributed by atoms with van der Waals surface area (Å²) in [5.41, 5.74) is 2.51. The number of rotatable bonds is 5. The third kappa shape index (κ3) is 4.14. The van der Waals surface area contributed by atoms with Crippen molar-refractivity contribution in [3.63, 3.8) is 0 Å². The van der Waals surface area contributed by atoms with Crippen LogP contribution in [0.5, 0.6) is 5.75 Å². The fourth-order valence-corrected chi connectivity index (χ4v) is 2.36. The number of hydrogen-bond donors (Lipinski definition) is 2. The summed E-state index contributed by atoms with van der Waals surface area (Å²) in [6.45, 7) is 0. The van der Waals surface area contributed by atoms with Crippen LogP contribution in [0, 0.1) is 5.82 Å². The molecule has 0 atom stereocenters. The number of anilines is 3. The molecule has 5 heteroatoms. The topological polar surface area (TPSA) is 50.4 Å². The average Bonchev–Trinajstić information content (AvgIpc) is 2.64. The highest BCUT2D eigenvalue weighted by Gasteiger charge is 2.11. The van der Waals surface area contributed by atoms with Crippen LogP contribution in [0.2, 0.25) is 0 Å². The monoisotopic (exact) mass is 336 g/mol. The van der Waals surface area contributed by atoms with Gasteiger partial charge in [-0.25, -0.2) is 4.39 Å². The molecule has 0 aliphatic carbocycles. The third-order valence-electron chi connectivity index (χ3n) is 3.62. The molecule has 3 aromatic carbocycles. The standard InChI is InChI=1S/C20H17FN2O2/c1-25-19-12-7-14(20(24)23-16-5-3-2-4-6-16)13-18(19)22-17-10-8-15(21)9-11-17/h2-13,22H,1H3,(H,23,24). The maximum atomic E-state index is 13.0. The summed E-state index contributed by atoms with van der Waals surface area (Å²) in [5.74, 6) is 0.0464. The Morgan fingerprint density at radius 1 is 0.920 bits per heavy atom. The zero-order valence-corrected chi connectivity index (χ0v) is 13.6. The van der Waals surface area contributed by atoms with Crippen LogP contribution >= 0.6 is 0 Å². The predicted molar refractivity (Wildman–Crippen MR) is 97.1 cm³/mol. The summed E-state index contributed by atoms with van der Waals surface area (Å²) in [7, 11) is 1.55. The average molecular weight is 336 g/mol. The molecule has 1 amide bonds. The second kappa shape index (κ2) is 7.49. The van der Waals surface area contributed by atoms with Crippen molar-refractivity contribution in [1.82, 2.24) is 0 Å². The molecule has 0 aromatic heterocycles. The van der Waals surface area contributed by atoms with E-state index in [0.717, 1.165) is 5.69 Å². The fourth-order valence-electron chi connectivity index (χ4n) is 2.36. The Morgan fingerprint density at radius 3 is 2.32 bits per heavy atom. The van der Waals surface area contributed by atoms with Crippen molar-refractivity contribution >= 4 is 23.0 Å². The van der Waals surface area contributed by atoms with Crippen LogP contribution in [0.25, 0.3) is 0 Å². The number of ether oxygens (including phenoxy) is 1. The van der Waals surface area contributed by atoms with Gasteiger partial charge in [-0.1, -0.05) is 18.2 Å². The maximum Gasteiger partial charge on any atom is 0.255 e. The quantitative estimate of drug-likeness (QED) is 0.701. The van der Waals surface area contributed by atoms with Crippen molar-refractivity contribution < 1.29 is 13.9 Å². The number of carbonyl (C=O) groups is 1. The molecule has 25 heavy (non-hydrogen) atoms. The van der Waals surface area contributed by atoms with Gasteiger partial charge in [0.2, 0.25) is 0 Å². The second-order valence-electron chi connectivity index (χ2n) is 5.37. The lowest BCUT2D eigenvalue weighted by molar-refractivity contribution is 0.102. The highest BCUT2D eigenvalue weighted by molar-refractivity contribution is 6.05. The van der Waals surface area contributed by atoms with Crippen molar-refractivity contribution in [3.8, 4) is 5.75 Å². The molecule has 0 fully saturated rings. The molecular weight excluding hydrogens is 319 g/mol. The van der Waals surface area contributed by atoms with E-state index in [0.29, 0.717) is 22.7 Å². The van der Waals surface area contributed by atoms with E-state index in [1.165, 1.54) is 12.1 Å². The highest BCUT2D eigenvalue weighted by Crippen LogP contribution is 2.29. The van der Waals surface area contributed by atoms with Crippen molar-refractivity contribution in [2.75, 3.05) is 17.7 Å². The first-order chi connectivity index (χ1) is 12.2. The SMILES string of the molecule is COc1ccc(C(=O)Nc2ccccc2)cc1Nc1ccc(F)cc1. The zero-order chi connectivity index (χ0) is 17.6. The second-order valence-corrected chi connectivity index (χ2v) is 5.37. The van der Waals surface area contributed by atoms with Gasteiger partial charge in [0.1, 0.15) is 11.6 Å². The largest absolute Gasteiger partial charge is 0.495 e. The van der Waals surface area contributed by atoms with Crippen molar-refractivity contribution in [3.05, 3.63) is 84.2 Å². The van der Waals surface area contributed by atoms with Gasteiger partial charge < -0.3 is 15.4 Å². The normalized spacial score (nSPS) is 10.2.